The Morgan fingerprint density at radius 1 is 1.18 bits per heavy atom. The average molecular weight is 245 g/mol. The van der Waals surface area contributed by atoms with Gasteiger partial charge in [-0.25, -0.2) is 0 Å². The maximum Gasteiger partial charge on any atom is 0.153 e. The number of ether oxygens (including phenoxy) is 1. The molecule has 0 saturated heterocycles. The Kier molecular flexibility index (Phi) is 3.59. The number of hydrogen-bond donors (Lipinski definition) is 0. The van der Waals surface area contributed by atoms with E-state index in [0.717, 1.165) is 16.9 Å². The molecule has 0 aliphatic carbocycles. The lowest BCUT2D eigenvalue weighted by atomic mass is 10.1. The van der Waals surface area contributed by atoms with Crippen molar-refractivity contribution in [2.75, 3.05) is 7.11 Å². The van der Waals surface area contributed by atoms with E-state index in [-0.39, 0.29) is 0 Å². The van der Waals surface area contributed by atoms with E-state index in [1.54, 1.807) is 7.11 Å². The molecule has 1 aromatic heterocycles. The Labute approximate surface area is 106 Å². The lowest BCUT2D eigenvalue weighted by Crippen LogP contribution is -2.02. The summed E-state index contributed by atoms with van der Waals surface area (Å²) in [4.78, 5) is 0. The van der Waals surface area contributed by atoms with Crippen molar-refractivity contribution in [1.29, 1.82) is 0 Å². The molecule has 1 heterocycles. The first kappa shape index (κ1) is 11.9. The molecule has 0 atom stereocenters. The van der Waals surface area contributed by atoms with E-state index in [9.17, 15) is 0 Å². The highest BCUT2D eigenvalue weighted by atomic mass is 32.1. The fourth-order valence-corrected chi connectivity index (χ4v) is 1.96. The first-order chi connectivity index (χ1) is 8.20. The maximum absolute atomic E-state index is 5.35. The topological polar surface area (TPSA) is 14.2 Å². The van der Waals surface area contributed by atoms with E-state index in [2.05, 4.69) is 31.2 Å². The zero-order valence-electron chi connectivity index (χ0n) is 10.0. The summed E-state index contributed by atoms with van der Waals surface area (Å²) in [5.74, 6) is 0.745. The summed E-state index contributed by atoms with van der Waals surface area (Å²) in [5, 5.41) is 0. The van der Waals surface area contributed by atoms with Gasteiger partial charge in [0, 0.05) is 12.7 Å². The van der Waals surface area contributed by atoms with Gasteiger partial charge in [0.15, 0.2) is 5.75 Å². The van der Waals surface area contributed by atoms with Gasteiger partial charge in [0.2, 0.25) is 0 Å². The molecule has 88 valence electrons. The van der Waals surface area contributed by atoms with Crippen LogP contribution in [0.25, 0.3) is 0 Å². The lowest BCUT2D eigenvalue weighted by Gasteiger charge is -2.09. The fourth-order valence-electron chi connectivity index (χ4n) is 1.68. The molecule has 1 aromatic carbocycles. The molecule has 0 saturated carbocycles. The predicted molar refractivity (Wildman–Crippen MR) is 72.1 cm³/mol. The summed E-state index contributed by atoms with van der Waals surface area (Å²) in [5.41, 5.74) is 2.50. The van der Waals surface area contributed by atoms with Crippen LogP contribution in [-0.2, 0) is 6.54 Å². The summed E-state index contributed by atoms with van der Waals surface area (Å²) in [6, 6.07) is 12.3. The van der Waals surface area contributed by atoms with Crippen LogP contribution < -0.4 is 4.74 Å². The summed E-state index contributed by atoms with van der Waals surface area (Å²) >= 11 is 5.35. The Morgan fingerprint density at radius 2 is 1.88 bits per heavy atom. The van der Waals surface area contributed by atoms with Gasteiger partial charge in [-0.3, -0.25) is 0 Å². The van der Waals surface area contributed by atoms with Crippen molar-refractivity contribution >= 4 is 12.2 Å². The van der Waals surface area contributed by atoms with Crippen LogP contribution in [-0.4, -0.2) is 11.7 Å². The number of pyridine rings is 1. The van der Waals surface area contributed by atoms with Crippen LogP contribution in [0.3, 0.4) is 0 Å². The van der Waals surface area contributed by atoms with Crippen molar-refractivity contribution in [3.05, 3.63) is 58.4 Å². The SMILES string of the molecule is COc1cccn(Cc2ccc(C)cc2)c1=S. The van der Waals surface area contributed by atoms with Gasteiger partial charge in [0.05, 0.1) is 7.11 Å². The first-order valence-corrected chi connectivity index (χ1v) is 5.90. The van der Waals surface area contributed by atoms with E-state index in [1.165, 1.54) is 11.1 Å². The highest BCUT2D eigenvalue weighted by Crippen LogP contribution is 2.14. The minimum absolute atomic E-state index is 0.732. The number of methoxy groups -OCH3 is 1. The molecule has 2 nitrogen and oxygen atoms in total. The molecule has 0 bridgehead atoms. The van der Waals surface area contributed by atoms with Gasteiger partial charge in [0.1, 0.15) is 4.64 Å². The van der Waals surface area contributed by atoms with Crippen LogP contribution in [0.4, 0.5) is 0 Å². The van der Waals surface area contributed by atoms with Gasteiger partial charge < -0.3 is 9.30 Å². The van der Waals surface area contributed by atoms with Gasteiger partial charge >= 0.3 is 0 Å². The molecular formula is C14H15NOS. The third kappa shape index (κ3) is 2.74. The predicted octanol–water partition coefficient (Wildman–Crippen LogP) is 3.58. The third-order valence-corrected chi connectivity index (χ3v) is 3.11. The van der Waals surface area contributed by atoms with Crippen LogP contribution in [0.1, 0.15) is 11.1 Å². The highest BCUT2D eigenvalue weighted by Gasteiger charge is 2.00. The Balaban J connectivity index is 2.30. The standard InChI is InChI=1S/C14H15NOS/c1-11-5-7-12(8-6-11)10-15-9-3-4-13(16-2)14(15)17/h3-9H,10H2,1-2H3. The van der Waals surface area contributed by atoms with Gasteiger partial charge in [-0.1, -0.05) is 42.0 Å². The maximum atomic E-state index is 5.35. The van der Waals surface area contributed by atoms with Crippen LogP contribution in [0.5, 0.6) is 5.75 Å². The van der Waals surface area contributed by atoms with E-state index < -0.39 is 0 Å². The second-order valence-corrected chi connectivity index (χ2v) is 4.38. The molecule has 3 heteroatoms. The lowest BCUT2D eigenvalue weighted by molar-refractivity contribution is 0.407. The molecule has 0 radical (unpaired) electrons. The van der Waals surface area contributed by atoms with Crippen molar-refractivity contribution in [1.82, 2.24) is 4.57 Å². The monoisotopic (exact) mass is 245 g/mol. The molecule has 0 spiro atoms. The van der Waals surface area contributed by atoms with E-state index in [1.807, 2.05) is 22.9 Å². The molecule has 17 heavy (non-hydrogen) atoms. The molecular weight excluding hydrogens is 230 g/mol. The number of aromatic nitrogens is 1. The fraction of sp³-hybridized carbons (Fsp3) is 0.214. The highest BCUT2D eigenvalue weighted by molar-refractivity contribution is 7.71. The Hall–Kier alpha value is -1.61. The molecule has 0 aliphatic rings. The van der Waals surface area contributed by atoms with E-state index >= 15 is 0 Å². The number of rotatable bonds is 3. The van der Waals surface area contributed by atoms with Crippen molar-refractivity contribution in [3.8, 4) is 5.75 Å². The molecule has 0 N–H and O–H groups in total. The van der Waals surface area contributed by atoms with Gasteiger partial charge in [0.25, 0.3) is 0 Å². The van der Waals surface area contributed by atoms with Gasteiger partial charge in [-0.05, 0) is 24.6 Å². The Morgan fingerprint density at radius 3 is 2.53 bits per heavy atom. The second-order valence-electron chi connectivity index (χ2n) is 4.00. The second kappa shape index (κ2) is 5.15. The summed E-state index contributed by atoms with van der Waals surface area (Å²) in [6.07, 6.45) is 1.98. The van der Waals surface area contributed by atoms with Crippen molar-refractivity contribution < 1.29 is 4.74 Å². The summed E-state index contributed by atoms with van der Waals surface area (Å²) < 4.78 is 7.96. The number of aryl methyl sites for hydroxylation is 1. The van der Waals surface area contributed by atoms with Gasteiger partial charge in [-0.2, -0.15) is 0 Å². The van der Waals surface area contributed by atoms with Crippen LogP contribution in [0.15, 0.2) is 42.6 Å². The Bertz CT molecular complexity index is 557. The van der Waals surface area contributed by atoms with E-state index in [0.29, 0.717) is 0 Å². The normalized spacial score (nSPS) is 10.2. The zero-order chi connectivity index (χ0) is 12.3. The van der Waals surface area contributed by atoms with Crippen molar-refractivity contribution in [2.45, 2.75) is 13.5 Å². The molecule has 2 aromatic rings. The minimum atomic E-state index is 0.732. The number of hydrogen-bond acceptors (Lipinski definition) is 2. The number of nitrogens with zero attached hydrogens (tertiary/aromatic N) is 1. The van der Waals surface area contributed by atoms with E-state index in [4.69, 9.17) is 17.0 Å². The van der Waals surface area contributed by atoms with Crippen molar-refractivity contribution in [3.63, 3.8) is 0 Å². The minimum Gasteiger partial charge on any atom is -0.494 e. The first-order valence-electron chi connectivity index (χ1n) is 5.49. The molecule has 2 rings (SSSR count). The zero-order valence-corrected chi connectivity index (χ0v) is 10.8. The van der Waals surface area contributed by atoms with Crippen LogP contribution in [0.2, 0.25) is 0 Å². The summed E-state index contributed by atoms with van der Waals surface area (Å²) in [7, 11) is 1.64. The molecule has 0 aliphatic heterocycles. The van der Waals surface area contributed by atoms with Gasteiger partial charge in [-0.15, -0.1) is 0 Å². The number of benzene rings is 1. The summed E-state index contributed by atoms with van der Waals surface area (Å²) in [6.45, 7) is 2.86. The van der Waals surface area contributed by atoms with Crippen LogP contribution in [0, 0.1) is 11.6 Å². The third-order valence-electron chi connectivity index (χ3n) is 2.68. The smallest absolute Gasteiger partial charge is 0.153 e. The molecule has 0 fully saturated rings. The van der Waals surface area contributed by atoms with Crippen LogP contribution >= 0.6 is 12.2 Å². The molecule has 0 amide bonds. The largest absolute Gasteiger partial charge is 0.494 e. The quantitative estimate of drug-likeness (QED) is 0.767. The molecule has 0 unspecified atom stereocenters. The van der Waals surface area contributed by atoms with Crippen molar-refractivity contribution in [2.24, 2.45) is 0 Å². The average Bonchev–Trinajstić information content (AvgIpc) is 2.35.